The van der Waals surface area contributed by atoms with Crippen molar-refractivity contribution in [2.45, 2.75) is 13.5 Å². The van der Waals surface area contributed by atoms with Crippen molar-refractivity contribution in [3.05, 3.63) is 41.9 Å². The minimum atomic E-state index is -0.206. The van der Waals surface area contributed by atoms with E-state index in [-0.39, 0.29) is 6.03 Å². The summed E-state index contributed by atoms with van der Waals surface area (Å²) >= 11 is 0. The van der Waals surface area contributed by atoms with E-state index in [9.17, 15) is 4.79 Å². The molecule has 24 heavy (non-hydrogen) atoms. The maximum absolute atomic E-state index is 12.3. The lowest BCUT2D eigenvalue weighted by molar-refractivity contribution is 0.220. The van der Waals surface area contributed by atoms with E-state index in [1.807, 2.05) is 33.2 Å². The third-order valence-corrected chi connectivity index (χ3v) is 3.73. The van der Waals surface area contributed by atoms with Gasteiger partial charge >= 0.3 is 6.03 Å². The van der Waals surface area contributed by atoms with Crippen LogP contribution in [0.2, 0.25) is 0 Å². The molecule has 0 aliphatic heterocycles. The Hall–Kier alpha value is -2.96. The van der Waals surface area contributed by atoms with E-state index >= 15 is 0 Å². The Kier molecular flexibility index (Phi) is 4.16. The lowest BCUT2D eigenvalue weighted by atomic mass is 10.2. The zero-order chi connectivity index (χ0) is 17.3. The summed E-state index contributed by atoms with van der Waals surface area (Å²) in [5, 5.41) is 2.86. The van der Waals surface area contributed by atoms with Gasteiger partial charge in [0.25, 0.3) is 6.01 Å². The van der Waals surface area contributed by atoms with Gasteiger partial charge in [0.2, 0.25) is 0 Å². The van der Waals surface area contributed by atoms with E-state index in [1.54, 1.807) is 35.2 Å². The summed E-state index contributed by atoms with van der Waals surface area (Å²) in [5.41, 5.74) is 3.02. The number of benzene rings is 1. The number of urea groups is 1. The zero-order valence-electron chi connectivity index (χ0n) is 14.2. The number of anilines is 2. The second-order valence-electron chi connectivity index (χ2n) is 5.86. The fourth-order valence-corrected chi connectivity index (χ4v) is 2.30. The predicted octanol–water partition coefficient (Wildman–Crippen LogP) is 3.46. The third kappa shape index (κ3) is 3.19. The number of carbonyl (C=O) groups is 1. The van der Waals surface area contributed by atoms with Gasteiger partial charge in [0, 0.05) is 38.5 Å². The first-order chi connectivity index (χ1) is 11.4. The maximum Gasteiger partial charge on any atom is 0.321 e. The number of furan rings is 1. The predicted molar refractivity (Wildman–Crippen MR) is 92.3 cm³/mol. The van der Waals surface area contributed by atoms with Crippen LogP contribution in [0.1, 0.15) is 11.3 Å². The van der Waals surface area contributed by atoms with Gasteiger partial charge in [-0.05, 0) is 25.1 Å². The Bertz CT molecular complexity index is 866. The van der Waals surface area contributed by atoms with Crippen LogP contribution in [-0.4, -0.2) is 37.1 Å². The molecule has 0 aliphatic carbocycles. The molecule has 0 saturated carbocycles. The minimum Gasteiger partial charge on any atom is -0.469 e. The number of rotatable bonds is 4. The number of hydrogen-bond donors (Lipinski definition) is 1. The lowest BCUT2D eigenvalue weighted by Gasteiger charge is -2.17. The molecule has 7 nitrogen and oxygen atoms in total. The fraction of sp³-hybridized carbons (Fsp3) is 0.294. The van der Waals surface area contributed by atoms with Crippen LogP contribution < -0.4 is 10.2 Å². The molecule has 7 heteroatoms. The summed E-state index contributed by atoms with van der Waals surface area (Å²) < 4.78 is 10.9. The molecule has 0 spiro atoms. The molecule has 2 heterocycles. The van der Waals surface area contributed by atoms with Crippen molar-refractivity contribution in [1.82, 2.24) is 9.88 Å². The summed E-state index contributed by atoms with van der Waals surface area (Å²) in [6.07, 6.45) is 1.62. The molecule has 0 radical (unpaired) electrons. The second-order valence-corrected chi connectivity index (χ2v) is 5.86. The summed E-state index contributed by atoms with van der Waals surface area (Å²) in [6.45, 7) is 2.35. The van der Waals surface area contributed by atoms with Crippen molar-refractivity contribution in [2.75, 3.05) is 31.4 Å². The van der Waals surface area contributed by atoms with Gasteiger partial charge < -0.3 is 24.0 Å². The first kappa shape index (κ1) is 15.9. The summed E-state index contributed by atoms with van der Waals surface area (Å²) in [5.74, 6) is 0.814. The van der Waals surface area contributed by atoms with E-state index in [1.165, 1.54) is 0 Å². The number of carbonyl (C=O) groups excluding carboxylic acids is 1. The quantitative estimate of drug-likeness (QED) is 0.794. The van der Waals surface area contributed by atoms with Crippen molar-refractivity contribution in [2.24, 2.45) is 0 Å². The van der Waals surface area contributed by atoms with Gasteiger partial charge in [-0.3, -0.25) is 0 Å². The van der Waals surface area contributed by atoms with Gasteiger partial charge in [0.15, 0.2) is 5.58 Å². The van der Waals surface area contributed by atoms with E-state index in [2.05, 4.69) is 10.3 Å². The number of amides is 2. The normalized spacial score (nSPS) is 10.8. The molecule has 1 N–H and O–H groups in total. The molecule has 2 aromatic heterocycles. The molecule has 0 bridgehead atoms. The molecule has 0 aliphatic rings. The van der Waals surface area contributed by atoms with Crippen LogP contribution >= 0.6 is 0 Å². The SMILES string of the molecule is Cc1occc1CN(C)C(=O)Nc1ccc2nc(N(C)C)oc2c1. The molecule has 0 saturated heterocycles. The highest BCUT2D eigenvalue weighted by Gasteiger charge is 2.13. The number of fused-ring (bicyclic) bond motifs is 1. The van der Waals surface area contributed by atoms with Gasteiger partial charge in [0.05, 0.1) is 12.8 Å². The molecule has 126 valence electrons. The monoisotopic (exact) mass is 328 g/mol. The highest BCUT2D eigenvalue weighted by atomic mass is 16.4. The van der Waals surface area contributed by atoms with E-state index in [0.717, 1.165) is 16.8 Å². The number of nitrogens with one attached hydrogen (secondary N) is 1. The topological polar surface area (TPSA) is 74.8 Å². The van der Waals surface area contributed by atoms with Gasteiger partial charge in [-0.2, -0.15) is 4.98 Å². The van der Waals surface area contributed by atoms with Crippen molar-refractivity contribution in [1.29, 1.82) is 0 Å². The molecule has 3 rings (SSSR count). The van der Waals surface area contributed by atoms with E-state index in [0.29, 0.717) is 23.8 Å². The Labute approximate surface area is 139 Å². The standard InChI is InChI=1S/C17H20N4O3/c1-11-12(7-8-23-11)10-21(4)16(22)18-13-5-6-14-15(9-13)24-17(19-14)20(2)3/h5-9H,10H2,1-4H3,(H,18,22). The number of oxazole rings is 1. The fourth-order valence-electron chi connectivity index (χ4n) is 2.30. The van der Waals surface area contributed by atoms with Crippen LogP contribution in [0.5, 0.6) is 0 Å². The number of nitrogens with zero attached hydrogens (tertiary/aromatic N) is 3. The highest BCUT2D eigenvalue weighted by Crippen LogP contribution is 2.24. The summed E-state index contributed by atoms with van der Waals surface area (Å²) in [7, 11) is 5.46. The molecule has 2 amide bonds. The minimum absolute atomic E-state index is 0.206. The van der Waals surface area contributed by atoms with Gasteiger partial charge in [-0.15, -0.1) is 0 Å². The second kappa shape index (κ2) is 6.27. The van der Waals surface area contributed by atoms with E-state index in [4.69, 9.17) is 8.83 Å². The Morgan fingerprint density at radius 1 is 1.25 bits per heavy atom. The smallest absolute Gasteiger partial charge is 0.321 e. The average molecular weight is 328 g/mol. The molecular formula is C17H20N4O3. The van der Waals surface area contributed by atoms with Gasteiger partial charge in [0.1, 0.15) is 11.3 Å². The van der Waals surface area contributed by atoms with Crippen LogP contribution in [0.4, 0.5) is 16.5 Å². The number of hydrogen-bond acceptors (Lipinski definition) is 5. The Morgan fingerprint density at radius 2 is 2.04 bits per heavy atom. The van der Waals surface area contributed by atoms with Crippen LogP contribution in [-0.2, 0) is 6.54 Å². The number of aryl methyl sites for hydroxylation is 1. The zero-order valence-corrected chi connectivity index (χ0v) is 14.2. The van der Waals surface area contributed by atoms with Crippen LogP contribution in [0.3, 0.4) is 0 Å². The molecular weight excluding hydrogens is 308 g/mol. The molecule has 0 fully saturated rings. The number of aromatic nitrogens is 1. The van der Waals surface area contributed by atoms with Crippen LogP contribution in [0, 0.1) is 6.92 Å². The van der Waals surface area contributed by atoms with Crippen molar-refractivity contribution >= 4 is 28.8 Å². The summed E-state index contributed by atoms with van der Waals surface area (Å²) in [4.78, 5) is 20.1. The van der Waals surface area contributed by atoms with Crippen LogP contribution in [0.15, 0.2) is 39.4 Å². The largest absolute Gasteiger partial charge is 0.469 e. The molecule has 3 aromatic rings. The highest BCUT2D eigenvalue weighted by molar-refractivity contribution is 5.91. The Morgan fingerprint density at radius 3 is 2.71 bits per heavy atom. The first-order valence-electron chi connectivity index (χ1n) is 7.57. The van der Waals surface area contributed by atoms with Gasteiger partial charge in [-0.1, -0.05) is 0 Å². The third-order valence-electron chi connectivity index (χ3n) is 3.73. The summed E-state index contributed by atoms with van der Waals surface area (Å²) in [6, 6.07) is 7.58. The average Bonchev–Trinajstić information content (AvgIpc) is 3.13. The first-order valence-corrected chi connectivity index (χ1v) is 7.57. The van der Waals surface area contributed by atoms with Crippen molar-refractivity contribution in [3.63, 3.8) is 0 Å². The Balaban J connectivity index is 1.71. The molecule has 0 unspecified atom stereocenters. The van der Waals surface area contributed by atoms with Crippen molar-refractivity contribution < 1.29 is 13.6 Å². The lowest BCUT2D eigenvalue weighted by Crippen LogP contribution is -2.30. The van der Waals surface area contributed by atoms with Crippen LogP contribution in [0.25, 0.3) is 11.1 Å². The van der Waals surface area contributed by atoms with E-state index < -0.39 is 0 Å². The maximum atomic E-state index is 12.3. The van der Waals surface area contributed by atoms with Gasteiger partial charge in [-0.25, -0.2) is 4.79 Å². The van der Waals surface area contributed by atoms with Crippen molar-refractivity contribution in [3.8, 4) is 0 Å². The molecule has 0 atom stereocenters. The molecule has 1 aromatic carbocycles.